The zero-order valence-corrected chi connectivity index (χ0v) is 6.04. The summed E-state index contributed by atoms with van der Waals surface area (Å²) in [7, 11) is 0. The van der Waals surface area contributed by atoms with Crippen molar-refractivity contribution in [2.45, 2.75) is 0 Å². The molecule has 0 spiro atoms. The molecule has 0 bridgehead atoms. The van der Waals surface area contributed by atoms with Crippen LogP contribution in [0.15, 0.2) is 18.2 Å². The van der Waals surface area contributed by atoms with E-state index in [1.807, 2.05) is 0 Å². The van der Waals surface area contributed by atoms with Crippen LogP contribution in [0.5, 0.6) is 0 Å². The Morgan fingerprint density at radius 1 is 1.50 bits per heavy atom. The first-order valence-electron chi connectivity index (χ1n) is 3.40. The number of hydrogen-bond donors (Lipinski definition) is 1. The summed E-state index contributed by atoms with van der Waals surface area (Å²) in [5.41, 5.74) is 0.653. The number of aromatic nitrogens is 2. The number of fused-ring (bicyclic) bond motifs is 1. The average molecular weight is 164 g/mol. The number of carbonyl (C=O) groups is 1. The zero-order valence-electron chi connectivity index (χ0n) is 6.04. The number of rotatable bonds is 1. The number of H-pyrrole nitrogens is 1. The zero-order chi connectivity index (χ0) is 8.55. The molecule has 0 saturated carbocycles. The summed E-state index contributed by atoms with van der Waals surface area (Å²) in [6.45, 7) is 0. The van der Waals surface area contributed by atoms with E-state index >= 15 is 0 Å². The predicted molar refractivity (Wildman–Crippen MR) is 41.4 cm³/mol. The largest absolute Gasteiger partial charge is 0.296 e. The molecular weight excluding hydrogens is 159 g/mol. The third-order valence-corrected chi connectivity index (χ3v) is 1.68. The Morgan fingerprint density at radius 2 is 2.33 bits per heavy atom. The minimum atomic E-state index is -0.427. The quantitative estimate of drug-likeness (QED) is 0.649. The predicted octanol–water partition coefficient (Wildman–Crippen LogP) is 1.51. The molecule has 0 unspecified atom stereocenters. The lowest BCUT2D eigenvalue weighted by atomic mass is 10.2. The standard InChI is InChI=1S/C8H5FN2O/c9-5-2-1-3-6-8(5)7(4-12)11-10-6/h1-4H,(H,10,11). The molecular formula is C8H5FN2O. The number of halogens is 1. The molecule has 1 aromatic carbocycles. The smallest absolute Gasteiger partial charge is 0.171 e. The maximum Gasteiger partial charge on any atom is 0.171 e. The van der Waals surface area contributed by atoms with Gasteiger partial charge in [-0.25, -0.2) is 4.39 Å². The van der Waals surface area contributed by atoms with Gasteiger partial charge < -0.3 is 0 Å². The summed E-state index contributed by atoms with van der Waals surface area (Å²) in [6, 6.07) is 4.52. The van der Waals surface area contributed by atoms with Gasteiger partial charge in [-0.05, 0) is 12.1 Å². The molecule has 4 heteroatoms. The van der Waals surface area contributed by atoms with E-state index in [9.17, 15) is 9.18 Å². The molecule has 0 aliphatic carbocycles. The summed E-state index contributed by atoms with van der Waals surface area (Å²) >= 11 is 0. The van der Waals surface area contributed by atoms with E-state index in [0.717, 1.165) is 0 Å². The van der Waals surface area contributed by atoms with Gasteiger partial charge in [0.05, 0.1) is 10.9 Å². The molecule has 60 valence electrons. The first-order valence-corrected chi connectivity index (χ1v) is 3.40. The Labute approximate surface area is 67.2 Å². The van der Waals surface area contributed by atoms with Crippen molar-refractivity contribution in [2.75, 3.05) is 0 Å². The number of aromatic amines is 1. The van der Waals surface area contributed by atoms with Crippen molar-refractivity contribution < 1.29 is 9.18 Å². The second-order valence-electron chi connectivity index (χ2n) is 2.39. The number of aldehydes is 1. The molecule has 3 nitrogen and oxygen atoms in total. The molecule has 0 saturated heterocycles. The maximum absolute atomic E-state index is 13.0. The summed E-state index contributed by atoms with van der Waals surface area (Å²) in [6.07, 6.45) is 0.530. The molecule has 0 atom stereocenters. The second-order valence-corrected chi connectivity index (χ2v) is 2.39. The van der Waals surface area contributed by atoms with Gasteiger partial charge in [0.2, 0.25) is 0 Å². The van der Waals surface area contributed by atoms with Crippen LogP contribution in [0.1, 0.15) is 10.5 Å². The van der Waals surface area contributed by atoms with E-state index in [1.54, 1.807) is 12.1 Å². The van der Waals surface area contributed by atoms with Crippen LogP contribution < -0.4 is 0 Å². The van der Waals surface area contributed by atoms with Crippen LogP contribution in [-0.4, -0.2) is 16.5 Å². The first-order chi connectivity index (χ1) is 5.83. The van der Waals surface area contributed by atoms with Crippen molar-refractivity contribution >= 4 is 17.2 Å². The summed E-state index contributed by atoms with van der Waals surface area (Å²) in [5, 5.41) is 6.46. The van der Waals surface area contributed by atoms with Crippen LogP contribution in [0.4, 0.5) is 4.39 Å². The van der Waals surface area contributed by atoms with Crippen molar-refractivity contribution in [1.82, 2.24) is 10.2 Å². The van der Waals surface area contributed by atoms with E-state index in [-0.39, 0.29) is 11.1 Å². The fraction of sp³-hybridized carbons (Fsp3) is 0. The Kier molecular flexibility index (Phi) is 1.40. The normalized spacial score (nSPS) is 10.4. The van der Waals surface area contributed by atoms with Crippen molar-refractivity contribution in [3.05, 3.63) is 29.7 Å². The minimum Gasteiger partial charge on any atom is -0.296 e. The van der Waals surface area contributed by atoms with Crippen LogP contribution in [0.3, 0.4) is 0 Å². The van der Waals surface area contributed by atoms with Gasteiger partial charge in [0, 0.05) is 0 Å². The van der Waals surface area contributed by atoms with Crippen molar-refractivity contribution in [2.24, 2.45) is 0 Å². The van der Waals surface area contributed by atoms with E-state index < -0.39 is 5.82 Å². The van der Waals surface area contributed by atoms with Gasteiger partial charge in [-0.15, -0.1) is 0 Å². The number of carbonyl (C=O) groups excluding carboxylic acids is 1. The summed E-state index contributed by atoms with van der Waals surface area (Å²) < 4.78 is 13.0. The number of benzene rings is 1. The van der Waals surface area contributed by atoms with E-state index in [0.29, 0.717) is 11.8 Å². The Balaban J connectivity index is 2.91. The second kappa shape index (κ2) is 2.41. The molecule has 0 amide bonds. The molecule has 1 heterocycles. The highest BCUT2D eigenvalue weighted by molar-refractivity contribution is 5.95. The van der Waals surface area contributed by atoms with Gasteiger partial charge in [0.25, 0.3) is 0 Å². The Hall–Kier alpha value is -1.71. The fourth-order valence-corrected chi connectivity index (χ4v) is 1.14. The first kappa shape index (κ1) is 6.97. The van der Waals surface area contributed by atoms with Crippen LogP contribution in [0.25, 0.3) is 10.9 Å². The lowest BCUT2D eigenvalue weighted by Gasteiger charge is -1.89. The highest BCUT2D eigenvalue weighted by Crippen LogP contribution is 2.17. The van der Waals surface area contributed by atoms with Crippen molar-refractivity contribution in [3.8, 4) is 0 Å². The van der Waals surface area contributed by atoms with Gasteiger partial charge in [0.1, 0.15) is 11.5 Å². The summed E-state index contributed by atoms with van der Waals surface area (Å²) in [5.74, 6) is -0.427. The van der Waals surface area contributed by atoms with Crippen LogP contribution in [0.2, 0.25) is 0 Å². The molecule has 2 rings (SSSR count). The van der Waals surface area contributed by atoms with Crippen LogP contribution >= 0.6 is 0 Å². The fourth-order valence-electron chi connectivity index (χ4n) is 1.14. The van der Waals surface area contributed by atoms with E-state index in [1.165, 1.54) is 6.07 Å². The Bertz CT molecular complexity index is 436. The monoisotopic (exact) mass is 164 g/mol. The lowest BCUT2D eigenvalue weighted by molar-refractivity contribution is 0.112. The lowest BCUT2D eigenvalue weighted by Crippen LogP contribution is -1.82. The van der Waals surface area contributed by atoms with E-state index in [2.05, 4.69) is 10.2 Å². The summed E-state index contributed by atoms with van der Waals surface area (Å²) in [4.78, 5) is 10.4. The number of hydrogen-bond acceptors (Lipinski definition) is 2. The third-order valence-electron chi connectivity index (χ3n) is 1.68. The number of nitrogens with one attached hydrogen (secondary N) is 1. The molecule has 2 aromatic rings. The van der Waals surface area contributed by atoms with E-state index in [4.69, 9.17) is 0 Å². The maximum atomic E-state index is 13.0. The van der Waals surface area contributed by atoms with Gasteiger partial charge in [0.15, 0.2) is 6.29 Å². The molecule has 0 fully saturated rings. The molecule has 0 radical (unpaired) electrons. The highest BCUT2D eigenvalue weighted by atomic mass is 19.1. The minimum absolute atomic E-state index is 0.114. The third kappa shape index (κ3) is 0.812. The molecule has 0 aliphatic heterocycles. The molecule has 1 aromatic heterocycles. The molecule has 0 aliphatic rings. The van der Waals surface area contributed by atoms with Gasteiger partial charge in [-0.1, -0.05) is 6.07 Å². The van der Waals surface area contributed by atoms with Crippen LogP contribution in [-0.2, 0) is 0 Å². The van der Waals surface area contributed by atoms with Crippen LogP contribution in [0, 0.1) is 5.82 Å². The topological polar surface area (TPSA) is 45.8 Å². The average Bonchev–Trinajstić information content (AvgIpc) is 2.49. The van der Waals surface area contributed by atoms with Gasteiger partial charge >= 0.3 is 0 Å². The van der Waals surface area contributed by atoms with Crippen molar-refractivity contribution in [1.29, 1.82) is 0 Å². The Morgan fingerprint density at radius 3 is 3.08 bits per heavy atom. The van der Waals surface area contributed by atoms with Gasteiger partial charge in [-0.3, -0.25) is 9.89 Å². The SMILES string of the molecule is O=Cc1n[nH]c2cccc(F)c12. The van der Waals surface area contributed by atoms with Gasteiger partial charge in [-0.2, -0.15) is 5.10 Å². The molecule has 12 heavy (non-hydrogen) atoms. The van der Waals surface area contributed by atoms with Crippen molar-refractivity contribution in [3.63, 3.8) is 0 Å². The molecule has 1 N–H and O–H groups in total. The highest BCUT2D eigenvalue weighted by Gasteiger charge is 2.07. The number of nitrogens with zero attached hydrogens (tertiary/aromatic N) is 1.